The Balaban J connectivity index is 1.47. The van der Waals surface area contributed by atoms with Crippen LogP contribution in [0.2, 0.25) is 5.02 Å². The first-order valence-corrected chi connectivity index (χ1v) is 9.02. The third-order valence-corrected chi connectivity index (χ3v) is 5.03. The lowest BCUT2D eigenvalue weighted by Gasteiger charge is -2.21. The number of hydrogen-bond acceptors (Lipinski definition) is 4. The van der Waals surface area contributed by atoms with Crippen molar-refractivity contribution < 1.29 is 9.21 Å². The van der Waals surface area contributed by atoms with Crippen molar-refractivity contribution in [2.24, 2.45) is 5.92 Å². The highest BCUT2D eigenvalue weighted by molar-refractivity contribution is 7.99. The molecule has 1 aromatic carbocycles. The van der Waals surface area contributed by atoms with Crippen molar-refractivity contribution in [3.05, 3.63) is 23.2 Å². The molecule has 1 amide bonds. The SMILES string of the molecule is O=C(CSc1nc2cc(Cl)ccc2o1)NCC1CCCCC1. The van der Waals surface area contributed by atoms with E-state index < -0.39 is 0 Å². The van der Waals surface area contributed by atoms with Gasteiger partial charge in [-0.2, -0.15) is 0 Å². The van der Waals surface area contributed by atoms with Crippen molar-refractivity contribution in [1.82, 2.24) is 10.3 Å². The summed E-state index contributed by atoms with van der Waals surface area (Å²) in [6, 6.07) is 5.31. The van der Waals surface area contributed by atoms with Gasteiger partial charge in [0, 0.05) is 11.6 Å². The van der Waals surface area contributed by atoms with Crippen molar-refractivity contribution in [2.45, 2.75) is 37.3 Å². The Morgan fingerprint density at radius 3 is 3.00 bits per heavy atom. The monoisotopic (exact) mass is 338 g/mol. The highest BCUT2D eigenvalue weighted by Gasteiger charge is 2.15. The van der Waals surface area contributed by atoms with Gasteiger partial charge in [0.1, 0.15) is 5.52 Å². The van der Waals surface area contributed by atoms with Crippen molar-refractivity contribution >= 4 is 40.4 Å². The molecule has 3 rings (SSSR count). The number of rotatable bonds is 5. The smallest absolute Gasteiger partial charge is 0.257 e. The molecule has 1 N–H and O–H groups in total. The molecule has 0 saturated heterocycles. The minimum absolute atomic E-state index is 0.0378. The van der Waals surface area contributed by atoms with E-state index in [1.165, 1.54) is 43.9 Å². The molecule has 1 aromatic heterocycles. The lowest BCUT2D eigenvalue weighted by Crippen LogP contribution is -2.31. The van der Waals surface area contributed by atoms with Gasteiger partial charge in [-0.15, -0.1) is 0 Å². The first kappa shape index (κ1) is 15.7. The van der Waals surface area contributed by atoms with Gasteiger partial charge in [-0.25, -0.2) is 4.98 Å². The van der Waals surface area contributed by atoms with E-state index in [1.54, 1.807) is 18.2 Å². The lowest BCUT2D eigenvalue weighted by atomic mass is 9.89. The number of halogens is 1. The summed E-state index contributed by atoms with van der Waals surface area (Å²) in [6.07, 6.45) is 6.39. The number of aromatic nitrogens is 1. The molecule has 0 atom stereocenters. The van der Waals surface area contributed by atoms with Crippen LogP contribution in [-0.2, 0) is 4.79 Å². The number of thioether (sulfide) groups is 1. The van der Waals surface area contributed by atoms with Crippen LogP contribution in [-0.4, -0.2) is 23.2 Å². The number of hydrogen-bond donors (Lipinski definition) is 1. The number of carbonyl (C=O) groups excluding carboxylic acids is 1. The minimum Gasteiger partial charge on any atom is -0.431 e. The van der Waals surface area contributed by atoms with E-state index >= 15 is 0 Å². The summed E-state index contributed by atoms with van der Waals surface area (Å²) >= 11 is 7.23. The molecule has 1 heterocycles. The Bertz CT molecular complexity index is 653. The fraction of sp³-hybridized carbons (Fsp3) is 0.500. The van der Waals surface area contributed by atoms with Gasteiger partial charge in [-0.3, -0.25) is 4.79 Å². The van der Waals surface area contributed by atoms with E-state index in [2.05, 4.69) is 10.3 Å². The highest BCUT2D eigenvalue weighted by atomic mass is 35.5. The average Bonchev–Trinajstić information content (AvgIpc) is 2.94. The fourth-order valence-corrected chi connectivity index (χ4v) is 3.60. The number of nitrogens with one attached hydrogen (secondary N) is 1. The zero-order valence-electron chi connectivity index (χ0n) is 12.3. The molecule has 1 aliphatic rings. The second kappa shape index (κ2) is 7.38. The first-order chi connectivity index (χ1) is 10.7. The molecule has 0 spiro atoms. The van der Waals surface area contributed by atoms with Crippen LogP contribution in [0, 0.1) is 5.92 Å². The Morgan fingerprint density at radius 1 is 1.36 bits per heavy atom. The van der Waals surface area contributed by atoms with Crippen LogP contribution in [0.25, 0.3) is 11.1 Å². The molecular weight excluding hydrogens is 320 g/mol. The second-order valence-electron chi connectivity index (χ2n) is 5.69. The van der Waals surface area contributed by atoms with Gasteiger partial charge in [-0.1, -0.05) is 42.6 Å². The molecule has 0 bridgehead atoms. The van der Waals surface area contributed by atoms with Gasteiger partial charge >= 0.3 is 0 Å². The topological polar surface area (TPSA) is 55.1 Å². The molecule has 6 heteroatoms. The standard InChI is InChI=1S/C16H19ClN2O2S/c17-12-6-7-14-13(8-12)19-16(21-14)22-10-15(20)18-9-11-4-2-1-3-5-11/h6-8,11H,1-5,9-10H2,(H,18,20). The summed E-state index contributed by atoms with van der Waals surface area (Å²) in [6.45, 7) is 0.794. The maximum atomic E-state index is 11.9. The molecule has 0 unspecified atom stereocenters. The number of amides is 1. The molecule has 1 fully saturated rings. The average molecular weight is 339 g/mol. The predicted octanol–water partition coefficient (Wildman–Crippen LogP) is 4.27. The van der Waals surface area contributed by atoms with E-state index in [1.807, 2.05) is 0 Å². The van der Waals surface area contributed by atoms with Gasteiger partial charge in [0.2, 0.25) is 5.91 Å². The van der Waals surface area contributed by atoms with Crippen molar-refractivity contribution in [2.75, 3.05) is 12.3 Å². The van der Waals surface area contributed by atoms with Crippen LogP contribution in [0.3, 0.4) is 0 Å². The molecule has 118 valence electrons. The van der Waals surface area contributed by atoms with Crippen molar-refractivity contribution in [1.29, 1.82) is 0 Å². The molecule has 1 aliphatic carbocycles. The number of nitrogens with zero attached hydrogens (tertiary/aromatic N) is 1. The summed E-state index contributed by atoms with van der Waals surface area (Å²) in [5, 5.41) is 4.15. The van der Waals surface area contributed by atoms with E-state index in [4.69, 9.17) is 16.0 Å². The molecular formula is C16H19ClN2O2S. The van der Waals surface area contributed by atoms with Crippen LogP contribution in [0.15, 0.2) is 27.8 Å². The molecule has 0 aliphatic heterocycles. The summed E-state index contributed by atoms with van der Waals surface area (Å²) in [7, 11) is 0. The zero-order valence-corrected chi connectivity index (χ0v) is 13.9. The number of benzene rings is 1. The van der Waals surface area contributed by atoms with Crippen LogP contribution < -0.4 is 5.32 Å². The quantitative estimate of drug-likeness (QED) is 0.827. The van der Waals surface area contributed by atoms with Gasteiger partial charge in [0.05, 0.1) is 5.75 Å². The van der Waals surface area contributed by atoms with Crippen molar-refractivity contribution in [3.63, 3.8) is 0 Å². The largest absolute Gasteiger partial charge is 0.431 e. The maximum absolute atomic E-state index is 11.9. The Hall–Kier alpha value is -1.20. The van der Waals surface area contributed by atoms with E-state index in [-0.39, 0.29) is 5.91 Å². The molecule has 0 radical (unpaired) electrons. The Labute approximate surface area is 139 Å². The third kappa shape index (κ3) is 4.17. The molecule has 4 nitrogen and oxygen atoms in total. The van der Waals surface area contributed by atoms with Crippen LogP contribution in [0.1, 0.15) is 32.1 Å². The summed E-state index contributed by atoms with van der Waals surface area (Å²) in [5.41, 5.74) is 1.41. The second-order valence-corrected chi connectivity index (χ2v) is 7.05. The number of carbonyl (C=O) groups is 1. The predicted molar refractivity (Wildman–Crippen MR) is 89.3 cm³/mol. The molecule has 2 aromatic rings. The highest BCUT2D eigenvalue weighted by Crippen LogP contribution is 2.26. The molecule has 22 heavy (non-hydrogen) atoms. The van der Waals surface area contributed by atoms with Crippen molar-refractivity contribution in [3.8, 4) is 0 Å². The van der Waals surface area contributed by atoms with Crippen LogP contribution in [0.4, 0.5) is 0 Å². The van der Waals surface area contributed by atoms with E-state index in [0.717, 1.165) is 12.1 Å². The van der Waals surface area contributed by atoms with Gasteiger partial charge in [0.15, 0.2) is 5.58 Å². The summed E-state index contributed by atoms with van der Waals surface area (Å²) in [5.74, 6) is 1.01. The zero-order chi connectivity index (χ0) is 15.4. The van der Waals surface area contributed by atoms with Crippen LogP contribution >= 0.6 is 23.4 Å². The van der Waals surface area contributed by atoms with Gasteiger partial charge < -0.3 is 9.73 Å². The van der Waals surface area contributed by atoms with E-state index in [0.29, 0.717) is 27.5 Å². The van der Waals surface area contributed by atoms with Gasteiger partial charge in [0.25, 0.3) is 5.22 Å². The fourth-order valence-electron chi connectivity index (χ4n) is 2.77. The van der Waals surface area contributed by atoms with Crippen LogP contribution in [0.5, 0.6) is 0 Å². The van der Waals surface area contributed by atoms with E-state index in [9.17, 15) is 4.79 Å². The minimum atomic E-state index is 0.0378. The Kier molecular flexibility index (Phi) is 5.26. The summed E-state index contributed by atoms with van der Waals surface area (Å²) < 4.78 is 5.58. The maximum Gasteiger partial charge on any atom is 0.257 e. The van der Waals surface area contributed by atoms with Gasteiger partial charge in [-0.05, 0) is 37.0 Å². The lowest BCUT2D eigenvalue weighted by molar-refractivity contribution is -0.118. The first-order valence-electron chi connectivity index (χ1n) is 7.66. The number of oxazole rings is 1. The normalized spacial score (nSPS) is 16.0. The summed E-state index contributed by atoms with van der Waals surface area (Å²) in [4.78, 5) is 16.2. The Morgan fingerprint density at radius 2 is 2.18 bits per heavy atom. The third-order valence-electron chi connectivity index (χ3n) is 3.97. The molecule has 1 saturated carbocycles. The number of fused-ring (bicyclic) bond motifs is 1.